The van der Waals surface area contributed by atoms with Gasteiger partial charge in [0.25, 0.3) is 11.8 Å². The number of H-pyrrole nitrogens is 1. The molecule has 12 nitrogen and oxygen atoms in total. The van der Waals surface area contributed by atoms with Crippen LogP contribution in [-0.2, 0) is 14.4 Å². The Morgan fingerprint density at radius 3 is 2.57 bits per heavy atom. The monoisotopic (exact) mass is 511 g/mol. The average Bonchev–Trinajstić information content (AvgIpc) is 3.41. The number of nitrogens with zero attached hydrogens (tertiary/aromatic N) is 1. The van der Waals surface area contributed by atoms with Gasteiger partial charge in [-0.1, -0.05) is 24.6 Å². The van der Waals surface area contributed by atoms with Gasteiger partial charge in [-0.2, -0.15) is 0 Å². The summed E-state index contributed by atoms with van der Waals surface area (Å²) in [4.78, 5) is 43.8. The molecule has 0 fully saturated rings. The Hall–Kier alpha value is -3.90. The number of nitrogens with two attached hydrogens (primary N) is 3. The van der Waals surface area contributed by atoms with Crippen LogP contribution in [0.1, 0.15) is 37.7 Å². The summed E-state index contributed by atoms with van der Waals surface area (Å²) in [6.45, 7) is 2.99. The fourth-order valence-corrected chi connectivity index (χ4v) is 4.10. The minimum atomic E-state index is -0.578. The Bertz CT molecular complexity index is 1150. The molecule has 1 aromatic carbocycles. The van der Waals surface area contributed by atoms with Crippen molar-refractivity contribution in [1.82, 2.24) is 26.3 Å². The molecule has 1 aliphatic rings. The van der Waals surface area contributed by atoms with E-state index in [1.54, 1.807) is 6.20 Å². The van der Waals surface area contributed by atoms with Crippen molar-refractivity contribution >= 4 is 40.2 Å². The topological polar surface area (TPSA) is 206 Å². The number of fused-ring (bicyclic) bond motifs is 1. The van der Waals surface area contributed by atoms with E-state index in [-0.39, 0.29) is 17.8 Å². The van der Waals surface area contributed by atoms with Crippen LogP contribution in [0.5, 0.6) is 0 Å². The van der Waals surface area contributed by atoms with Crippen LogP contribution in [-0.4, -0.2) is 67.4 Å². The molecule has 0 radical (unpaired) electrons. The lowest BCUT2D eigenvalue weighted by molar-refractivity contribution is -0.124. The van der Waals surface area contributed by atoms with Gasteiger partial charge in [0.2, 0.25) is 5.91 Å². The zero-order valence-corrected chi connectivity index (χ0v) is 20.9. The Balaban J connectivity index is 1.29. The number of aromatic nitrogens is 1. The first-order chi connectivity index (χ1) is 17.9. The number of carbonyl (C=O) groups is 3. The summed E-state index contributed by atoms with van der Waals surface area (Å²) in [6, 6.07) is 7.09. The summed E-state index contributed by atoms with van der Waals surface area (Å²) >= 11 is 0. The largest absolute Gasteiger partial charge is 0.380 e. The van der Waals surface area contributed by atoms with Crippen molar-refractivity contribution in [3.05, 3.63) is 41.7 Å². The van der Waals surface area contributed by atoms with Gasteiger partial charge in [0.05, 0.1) is 11.6 Å². The fraction of sp³-hybridized carbons (Fsp3) is 0.440. The minimum Gasteiger partial charge on any atom is -0.380 e. The van der Waals surface area contributed by atoms with E-state index < -0.39 is 11.9 Å². The van der Waals surface area contributed by atoms with Crippen molar-refractivity contribution in [1.29, 1.82) is 0 Å². The van der Waals surface area contributed by atoms with Crippen LogP contribution >= 0.6 is 0 Å². The average molecular weight is 512 g/mol. The highest BCUT2D eigenvalue weighted by atomic mass is 16.2. The number of amides is 3. The molecule has 3 amide bonds. The molecule has 1 aliphatic heterocycles. The molecule has 2 aromatic rings. The van der Waals surface area contributed by atoms with Crippen LogP contribution in [0, 0.1) is 0 Å². The molecular weight excluding hydrogens is 474 g/mol. The van der Waals surface area contributed by atoms with Gasteiger partial charge in [-0.15, -0.1) is 0 Å². The molecule has 3 rings (SSSR count). The summed E-state index contributed by atoms with van der Waals surface area (Å²) in [6.07, 6.45) is 5.65. The van der Waals surface area contributed by atoms with Crippen LogP contribution < -0.4 is 38.5 Å². The van der Waals surface area contributed by atoms with Gasteiger partial charge >= 0.3 is 0 Å². The Kier molecular flexibility index (Phi) is 10.5. The number of imide groups is 1. The van der Waals surface area contributed by atoms with Gasteiger partial charge in [0.1, 0.15) is 5.70 Å². The van der Waals surface area contributed by atoms with Crippen LogP contribution in [0.25, 0.3) is 16.5 Å². The molecule has 0 bridgehead atoms. The highest BCUT2D eigenvalue weighted by molar-refractivity contribution is 6.37. The normalized spacial score (nSPS) is 14.1. The second kappa shape index (κ2) is 14.0. The van der Waals surface area contributed by atoms with Gasteiger partial charge in [0.15, 0.2) is 5.96 Å². The number of benzene rings is 1. The van der Waals surface area contributed by atoms with Gasteiger partial charge in [-0.25, -0.2) is 0 Å². The maximum atomic E-state index is 12.5. The lowest BCUT2D eigenvalue weighted by Crippen LogP contribution is -2.43. The van der Waals surface area contributed by atoms with Crippen molar-refractivity contribution in [2.45, 2.75) is 38.1 Å². The molecule has 37 heavy (non-hydrogen) atoms. The van der Waals surface area contributed by atoms with Crippen molar-refractivity contribution in [2.75, 3.05) is 32.7 Å². The number of hydrogen-bond acceptors (Lipinski definition) is 7. The number of guanidine groups is 1. The Labute approximate surface area is 215 Å². The van der Waals surface area contributed by atoms with E-state index in [0.29, 0.717) is 55.9 Å². The zero-order chi connectivity index (χ0) is 26.6. The number of aliphatic imine (C=N–C) groups is 1. The Morgan fingerprint density at radius 1 is 0.973 bits per heavy atom. The predicted octanol–water partition coefficient (Wildman–Crippen LogP) is -0.618. The highest BCUT2D eigenvalue weighted by Gasteiger charge is 2.32. The lowest BCUT2D eigenvalue weighted by Gasteiger charge is -2.12. The number of hydrogen-bond donors (Lipinski definition) is 8. The molecule has 0 saturated carbocycles. The van der Waals surface area contributed by atoms with Crippen LogP contribution in [0.4, 0.5) is 0 Å². The molecule has 0 unspecified atom stereocenters. The van der Waals surface area contributed by atoms with Crippen molar-refractivity contribution in [3.8, 4) is 0 Å². The third kappa shape index (κ3) is 8.05. The standard InChI is InChI=1S/C25H37N9O3/c26-18(8-6-12-32-25(27)28)22(35)31-14-13-29-10-4-1-5-11-30-21-20(23(36)34-24(21)37)17-15-33-19-9-3-2-7-16(17)19/h2-3,7,9,15,18,29,33H,1,4-6,8,10-14,26H2,(H,31,35)(H4,27,28,32)(H2,30,34,36,37)/t18-/m0/s1. The number of nitrogens with one attached hydrogen (secondary N) is 5. The third-order valence-electron chi connectivity index (χ3n) is 6.03. The van der Waals surface area contributed by atoms with E-state index in [2.05, 4.69) is 31.2 Å². The molecular formula is C25H37N9O3. The summed E-state index contributed by atoms with van der Waals surface area (Å²) in [7, 11) is 0. The first-order valence-electron chi connectivity index (χ1n) is 12.6. The quantitative estimate of drug-likeness (QED) is 0.0629. The summed E-state index contributed by atoms with van der Waals surface area (Å²) in [5, 5.41) is 12.5. The molecule has 0 saturated heterocycles. The van der Waals surface area contributed by atoms with Crippen molar-refractivity contribution < 1.29 is 14.4 Å². The maximum absolute atomic E-state index is 12.5. The molecule has 12 heteroatoms. The molecule has 200 valence electrons. The fourth-order valence-electron chi connectivity index (χ4n) is 4.10. The first kappa shape index (κ1) is 27.7. The van der Waals surface area contributed by atoms with E-state index in [0.717, 1.165) is 36.7 Å². The SMILES string of the molecule is NC(N)=NCCC[C@H](N)C(=O)NCCNCCCCCNC1=C(c2c[nH]c3ccccc23)C(=O)NC1=O. The second-order valence-electron chi connectivity index (χ2n) is 8.86. The minimum absolute atomic E-state index is 0.0334. The molecule has 2 heterocycles. The van der Waals surface area contributed by atoms with Gasteiger partial charge in [0, 0.05) is 48.8 Å². The van der Waals surface area contributed by atoms with E-state index in [1.807, 2.05) is 24.3 Å². The predicted molar refractivity (Wildman–Crippen MR) is 144 cm³/mol. The molecule has 0 aliphatic carbocycles. The van der Waals surface area contributed by atoms with E-state index in [9.17, 15) is 14.4 Å². The lowest BCUT2D eigenvalue weighted by atomic mass is 10.0. The summed E-state index contributed by atoms with van der Waals surface area (Å²) in [5.74, 6) is -0.942. The number of carbonyl (C=O) groups excluding carboxylic acids is 3. The van der Waals surface area contributed by atoms with E-state index in [1.165, 1.54) is 0 Å². The van der Waals surface area contributed by atoms with Gasteiger partial charge in [-0.05, 0) is 38.3 Å². The summed E-state index contributed by atoms with van der Waals surface area (Å²) < 4.78 is 0. The summed E-state index contributed by atoms with van der Waals surface area (Å²) in [5.41, 5.74) is 18.7. The maximum Gasteiger partial charge on any atom is 0.275 e. The second-order valence-corrected chi connectivity index (χ2v) is 8.86. The first-order valence-corrected chi connectivity index (χ1v) is 12.6. The van der Waals surface area contributed by atoms with Crippen molar-refractivity contribution in [3.63, 3.8) is 0 Å². The van der Waals surface area contributed by atoms with Crippen molar-refractivity contribution in [2.24, 2.45) is 22.2 Å². The number of para-hydroxylation sites is 1. The number of unbranched alkanes of at least 4 members (excludes halogenated alkanes) is 2. The van der Waals surface area contributed by atoms with Gasteiger partial charge < -0.3 is 38.1 Å². The van der Waals surface area contributed by atoms with E-state index >= 15 is 0 Å². The highest BCUT2D eigenvalue weighted by Crippen LogP contribution is 2.29. The third-order valence-corrected chi connectivity index (χ3v) is 6.03. The van der Waals surface area contributed by atoms with Crippen LogP contribution in [0.2, 0.25) is 0 Å². The molecule has 11 N–H and O–H groups in total. The van der Waals surface area contributed by atoms with Crippen LogP contribution in [0.15, 0.2) is 41.2 Å². The number of rotatable bonds is 16. The Morgan fingerprint density at radius 2 is 1.76 bits per heavy atom. The zero-order valence-electron chi connectivity index (χ0n) is 20.9. The molecule has 0 spiro atoms. The number of aromatic amines is 1. The smallest absolute Gasteiger partial charge is 0.275 e. The van der Waals surface area contributed by atoms with E-state index in [4.69, 9.17) is 17.2 Å². The molecule has 1 atom stereocenters. The van der Waals surface area contributed by atoms with Crippen LogP contribution in [0.3, 0.4) is 0 Å². The van der Waals surface area contributed by atoms with Gasteiger partial charge in [-0.3, -0.25) is 24.7 Å². The molecule has 1 aromatic heterocycles.